The van der Waals surface area contributed by atoms with Crippen molar-refractivity contribution >= 4 is 6.21 Å². The largest absolute Gasteiger partial charge is 0.390 e. The summed E-state index contributed by atoms with van der Waals surface area (Å²) in [6.07, 6.45) is 3.67. The molecule has 0 amide bonds. The van der Waals surface area contributed by atoms with Gasteiger partial charge in [0.15, 0.2) is 0 Å². The first-order valence-electron chi connectivity index (χ1n) is 6.30. The molecule has 0 bridgehead atoms. The van der Waals surface area contributed by atoms with Crippen molar-refractivity contribution in [3.8, 4) is 0 Å². The van der Waals surface area contributed by atoms with E-state index in [1.54, 1.807) is 0 Å². The summed E-state index contributed by atoms with van der Waals surface area (Å²) in [6.45, 7) is 2.01. The van der Waals surface area contributed by atoms with Crippen LogP contribution in [0.2, 0.25) is 0 Å². The number of hydrogen-bond acceptors (Lipinski definition) is 2. The van der Waals surface area contributed by atoms with Gasteiger partial charge in [0.05, 0.1) is 0 Å². The lowest BCUT2D eigenvalue weighted by atomic mass is 10.1. The van der Waals surface area contributed by atoms with Crippen LogP contribution in [0.4, 0.5) is 8.78 Å². The van der Waals surface area contributed by atoms with E-state index in [1.807, 2.05) is 24.3 Å². The highest BCUT2D eigenvalue weighted by molar-refractivity contribution is 5.79. The molecule has 0 aliphatic rings. The molecule has 4 heteroatoms. The Bertz CT molecular complexity index is 594. The van der Waals surface area contributed by atoms with Gasteiger partial charge in [-0.1, -0.05) is 36.3 Å². The number of benzene rings is 2. The highest BCUT2D eigenvalue weighted by Crippen LogP contribution is 2.10. The molecule has 2 nitrogen and oxygen atoms in total. The summed E-state index contributed by atoms with van der Waals surface area (Å²) in [7, 11) is 0. The first-order chi connectivity index (χ1) is 9.69. The lowest BCUT2D eigenvalue weighted by Gasteiger charge is -2.01. The zero-order valence-corrected chi connectivity index (χ0v) is 11.1. The Morgan fingerprint density at radius 1 is 1.10 bits per heavy atom. The highest BCUT2D eigenvalue weighted by Gasteiger charge is 2.03. The first-order valence-corrected chi connectivity index (χ1v) is 6.30. The van der Waals surface area contributed by atoms with E-state index in [2.05, 4.69) is 18.3 Å². The van der Waals surface area contributed by atoms with Gasteiger partial charge < -0.3 is 4.84 Å². The van der Waals surface area contributed by atoms with Gasteiger partial charge in [-0.25, -0.2) is 8.78 Å². The Balaban J connectivity index is 1.89. The predicted octanol–water partition coefficient (Wildman–Crippen LogP) is 3.95. The second-order valence-corrected chi connectivity index (χ2v) is 4.26. The average Bonchev–Trinajstić information content (AvgIpc) is 2.46. The highest BCUT2D eigenvalue weighted by atomic mass is 19.1. The van der Waals surface area contributed by atoms with Crippen molar-refractivity contribution in [3.05, 3.63) is 70.8 Å². The van der Waals surface area contributed by atoms with E-state index in [1.165, 1.54) is 17.7 Å². The van der Waals surface area contributed by atoms with Gasteiger partial charge in [0.1, 0.15) is 24.5 Å². The number of rotatable bonds is 5. The predicted molar refractivity (Wildman–Crippen MR) is 73.5 cm³/mol. The molecule has 0 aromatic heterocycles. The normalized spacial score (nSPS) is 10.9. The Kier molecular flexibility index (Phi) is 4.82. The molecule has 1 radical (unpaired) electrons. The molecule has 0 fully saturated rings. The van der Waals surface area contributed by atoms with E-state index in [4.69, 9.17) is 4.84 Å². The van der Waals surface area contributed by atoms with Crippen LogP contribution in [0.1, 0.15) is 23.6 Å². The Morgan fingerprint density at radius 3 is 2.50 bits per heavy atom. The van der Waals surface area contributed by atoms with Crippen molar-refractivity contribution in [3.63, 3.8) is 0 Å². The minimum atomic E-state index is -0.646. The number of aryl methyl sites for hydroxylation is 1. The van der Waals surface area contributed by atoms with Crippen molar-refractivity contribution in [1.82, 2.24) is 0 Å². The van der Waals surface area contributed by atoms with Gasteiger partial charge in [-0.15, -0.1) is 0 Å². The Hall–Kier alpha value is -2.23. The van der Waals surface area contributed by atoms with Gasteiger partial charge in [-0.3, -0.25) is 0 Å². The maximum absolute atomic E-state index is 13.3. The molecule has 0 aliphatic carbocycles. The average molecular weight is 274 g/mol. The maximum atomic E-state index is 13.3. The Morgan fingerprint density at radius 2 is 1.85 bits per heavy atom. The van der Waals surface area contributed by atoms with Crippen LogP contribution < -0.4 is 0 Å². The molecule has 2 aromatic carbocycles. The fraction of sp³-hybridized carbons (Fsp3) is 0.188. The summed E-state index contributed by atoms with van der Waals surface area (Å²) >= 11 is 0. The molecule has 0 aliphatic heterocycles. The minimum Gasteiger partial charge on any atom is -0.390 e. The summed E-state index contributed by atoms with van der Waals surface area (Å²) in [6, 6.07) is 11.0. The molecule has 2 rings (SSSR count). The third kappa shape index (κ3) is 3.88. The molecule has 0 N–H and O–H groups in total. The first kappa shape index (κ1) is 14.2. The van der Waals surface area contributed by atoms with Crippen LogP contribution in [0.25, 0.3) is 0 Å². The van der Waals surface area contributed by atoms with Crippen LogP contribution in [0.5, 0.6) is 0 Å². The summed E-state index contributed by atoms with van der Waals surface area (Å²) in [5, 5.41) is 3.65. The van der Waals surface area contributed by atoms with Crippen LogP contribution in [-0.2, 0) is 17.9 Å². The molecule has 0 spiro atoms. The van der Waals surface area contributed by atoms with Gasteiger partial charge >= 0.3 is 0 Å². The van der Waals surface area contributed by atoms with Crippen molar-refractivity contribution in [2.75, 3.05) is 0 Å². The molecule has 0 saturated carbocycles. The fourth-order valence-corrected chi connectivity index (χ4v) is 1.64. The smallest absolute Gasteiger partial charge is 0.145 e. The van der Waals surface area contributed by atoms with E-state index in [9.17, 15) is 8.78 Å². The summed E-state index contributed by atoms with van der Waals surface area (Å²) < 4.78 is 26.0. The monoisotopic (exact) mass is 274 g/mol. The van der Waals surface area contributed by atoms with Gasteiger partial charge in [0, 0.05) is 17.2 Å². The van der Waals surface area contributed by atoms with Gasteiger partial charge in [0.25, 0.3) is 0 Å². The summed E-state index contributed by atoms with van der Waals surface area (Å²) in [4.78, 5) is 4.95. The van der Waals surface area contributed by atoms with Crippen LogP contribution >= 0.6 is 0 Å². The minimum absolute atomic E-state index is 0.0633. The molecular weight excluding hydrogens is 260 g/mol. The Labute approximate surface area is 116 Å². The molecule has 0 heterocycles. The van der Waals surface area contributed by atoms with Crippen molar-refractivity contribution in [1.29, 1.82) is 0 Å². The van der Waals surface area contributed by atoms with Crippen LogP contribution in [-0.4, -0.2) is 6.21 Å². The van der Waals surface area contributed by atoms with E-state index >= 15 is 0 Å². The number of hydrogen-bond donors (Lipinski definition) is 0. The zero-order chi connectivity index (χ0) is 14.4. The van der Waals surface area contributed by atoms with E-state index in [-0.39, 0.29) is 12.2 Å². The summed E-state index contributed by atoms with van der Waals surface area (Å²) in [5.74, 6) is -1.26. The van der Waals surface area contributed by atoms with Crippen LogP contribution in [0.15, 0.2) is 47.6 Å². The third-order valence-corrected chi connectivity index (χ3v) is 2.84. The lowest BCUT2D eigenvalue weighted by Crippen LogP contribution is -1.93. The molecule has 2 aromatic rings. The quantitative estimate of drug-likeness (QED) is 0.597. The van der Waals surface area contributed by atoms with E-state index in [0.29, 0.717) is 0 Å². The summed E-state index contributed by atoms with van der Waals surface area (Å²) in [5.41, 5.74) is 2.25. The molecular formula is C16H14F2NO. The number of halogens is 2. The van der Waals surface area contributed by atoms with Crippen LogP contribution in [0.3, 0.4) is 0 Å². The second kappa shape index (κ2) is 6.80. The molecule has 0 atom stereocenters. The fourth-order valence-electron chi connectivity index (χ4n) is 1.64. The standard InChI is InChI=1S/C16H14F2NO/c1-2-12-3-5-13(6-4-12)10-19-20-11-14-7-8-15(17)9-16(14)18/h3-9H,2,11H2,1H3. The van der Waals surface area contributed by atoms with Gasteiger partial charge in [0.2, 0.25) is 0 Å². The van der Waals surface area contributed by atoms with Gasteiger partial charge in [-0.2, -0.15) is 0 Å². The SMILES string of the molecule is CCc1ccc(/[C]=N\OCc2ccc(F)cc2F)cc1. The molecule has 0 unspecified atom stereocenters. The molecule has 20 heavy (non-hydrogen) atoms. The zero-order valence-electron chi connectivity index (χ0n) is 11.1. The van der Waals surface area contributed by atoms with Crippen molar-refractivity contribution < 1.29 is 13.6 Å². The van der Waals surface area contributed by atoms with E-state index in [0.717, 1.165) is 18.1 Å². The number of nitrogens with zero attached hydrogens (tertiary/aromatic N) is 1. The maximum Gasteiger partial charge on any atom is 0.145 e. The second-order valence-electron chi connectivity index (χ2n) is 4.26. The van der Waals surface area contributed by atoms with Crippen molar-refractivity contribution in [2.24, 2.45) is 5.16 Å². The molecule has 0 saturated heterocycles. The lowest BCUT2D eigenvalue weighted by molar-refractivity contribution is 0.129. The topological polar surface area (TPSA) is 21.6 Å². The van der Waals surface area contributed by atoms with Crippen molar-refractivity contribution in [2.45, 2.75) is 20.0 Å². The third-order valence-electron chi connectivity index (χ3n) is 2.84. The van der Waals surface area contributed by atoms with Crippen LogP contribution in [0, 0.1) is 11.6 Å². The van der Waals surface area contributed by atoms with E-state index < -0.39 is 11.6 Å². The molecule has 103 valence electrons. The van der Waals surface area contributed by atoms with Gasteiger partial charge in [-0.05, 0) is 24.1 Å².